The summed E-state index contributed by atoms with van der Waals surface area (Å²) in [6.45, 7) is 2.16. The fraction of sp³-hybridized carbons (Fsp3) is 1.00. The van der Waals surface area contributed by atoms with Crippen LogP contribution in [0.1, 0.15) is 25.7 Å². The van der Waals surface area contributed by atoms with Gasteiger partial charge in [-0.25, -0.2) is 0 Å². The minimum absolute atomic E-state index is 0.698. The standard InChI is InChI=1S/C10H20N2S/c11-7-9-3-1-5-12(9)10-4-2-6-13-8-10/h9-10H,1-8,11H2. The van der Waals surface area contributed by atoms with E-state index < -0.39 is 0 Å². The number of nitrogens with zero attached hydrogens (tertiary/aromatic N) is 1. The van der Waals surface area contributed by atoms with Crippen molar-refractivity contribution < 1.29 is 0 Å². The molecule has 0 aromatic rings. The van der Waals surface area contributed by atoms with Crippen molar-refractivity contribution in [1.29, 1.82) is 0 Å². The molecule has 76 valence electrons. The summed E-state index contributed by atoms with van der Waals surface area (Å²) in [6.07, 6.45) is 5.51. The van der Waals surface area contributed by atoms with Crippen molar-refractivity contribution in [3.05, 3.63) is 0 Å². The first-order valence-corrected chi connectivity index (χ1v) is 6.61. The van der Waals surface area contributed by atoms with E-state index in [9.17, 15) is 0 Å². The predicted octanol–water partition coefficient (Wildman–Crippen LogP) is 1.31. The first-order valence-electron chi connectivity index (χ1n) is 5.45. The zero-order chi connectivity index (χ0) is 9.10. The van der Waals surface area contributed by atoms with E-state index in [1.807, 2.05) is 0 Å². The molecule has 2 N–H and O–H groups in total. The van der Waals surface area contributed by atoms with Gasteiger partial charge in [-0.05, 0) is 38.0 Å². The van der Waals surface area contributed by atoms with Crippen molar-refractivity contribution >= 4 is 11.8 Å². The van der Waals surface area contributed by atoms with Gasteiger partial charge in [0.15, 0.2) is 0 Å². The minimum Gasteiger partial charge on any atom is -0.329 e. The Balaban J connectivity index is 1.90. The van der Waals surface area contributed by atoms with E-state index in [2.05, 4.69) is 16.7 Å². The first-order chi connectivity index (χ1) is 6.42. The fourth-order valence-electron chi connectivity index (χ4n) is 2.58. The van der Waals surface area contributed by atoms with Gasteiger partial charge in [-0.1, -0.05) is 0 Å². The molecule has 0 aromatic carbocycles. The molecular formula is C10H20N2S. The molecule has 0 radical (unpaired) electrons. The summed E-state index contributed by atoms with van der Waals surface area (Å²) in [5, 5.41) is 0. The van der Waals surface area contributed by atoms with Crippen LogP contribution in [0.25, 0.3) is 0 Å². The molecule has 0 spiro atoms. The minimum atomic E-state index is 0.698. The highest BCUT2D eigenvalue weighted by Crippen LogP contribution is 2.27. The lowest BCUT2D eigenvalue weighted by atomic mass is 10.1. The molecule has 2 fully saturated rings. The largest absolute Gasteiger partial charge is 0.329 e. The lowest BCUT2D eigenvalue weighted by Gasteiger charge is -2.34. The van der Waals surface area contributed by atoms with Crippen LogP contribution in [-0.4, -0.2) is 41.6 Å². The summed E-state index contributed by atoms with van der Waals surface area (Å²) >= 11 is 2.12. The van der Waals surface area contributed by atoms with E-state index in [1.54, 1.807) is 0 Å². The molecule has 0 bridgehead atoms. The van der Waals surface area contributed by atoms with Crippen LogP contribution >= 0.6 is 11.8 Å². The van der Waals surface area contributed by atoms with Gasteiger partial charge in [0.25, 0.3) is 0 Å². The molecule has 0 saturated carbocycles. The Bertz CT molecular complexity index is 157. The van der Waals surface area contributed by atoms with E-state index >= 15 is 0 Å². The monoisotopic (exact) mass is 200 g/mol. The molecule has 0 amide bonds. The lowest BCUT2D eigenvalue weighted by Crippen LogP contribution is -2.45. The van der Waals surface area contributed by atoms with Crippen LogP contribution < -0.4 is 5.73 Å². The van der Waals surface area contributed by atoms with Gasteiger partial charge in [0.05, 0.1) is 0 Å². The van der Waals surface area contributed by atoms with Gasteiger partial charge in [0.2, 0.25) is 0 Å². The molecule has 2 aliphatic heterocycles. The maximum atomic E-state index is 5.78. The van der Waals surface area contributed by atoms with Gasteiger partial charge in [0.1, 0.15) is 0 Å². The fourth-order valence-corrected chi connectivity index (χ4v) is 3.74. The number of thioether (sulfide) groups is 1. The van der Waals surface area contributed by atoms with E-state index in [0.717, 1.165) is 12.6 Å². The quantitative estimate of drug-likeness (QED) is 0.728. The molecule has 2 rings (SSSR count). The smallest absolute Gasteiger partial charge is 0.0222 e. The molecule has 13 heavy (non-hydrogen) atoms. The summed E-state index contributed by atoms with van der Waals surface area (Å²) in [5.74, 6) is 2.72. The summed E-state index contributed by atoms with van der Waals surface area (Å²) in [7, 11) is 0. The maximum absolute atomic E-state index is 5.78. The zero-order valence-electron chi connectivity index (χ0n) is 8.24. The van der Waals surface area contributed by atoms with E-state index in [0.29, 0.717) is 6.04 Å². The second-order valence-electron chi connectivity index (χ2n) is 4.14. The lowest BCUT2D eigenvalue weighted by molar-refractivity contribution is 0.187. The van der Waals surface area contributed by atoms with Crippen molar-refractivity contribution in [3.8, 4) is 0 Å². The maximum Gasteiger partial charge on any atom is 0.0222 e. The summed E-state index contributed by atoms with van der Waals surface area (Å²) in [5.41, 5.74) is 5.78. The van der Waals surface area contributed by atoms with Crippen molar-refractivity contribution in [2.24, 2.45) is 5.73 Å². The van der Waals surface area contributed by atoms with Crippen LogP contribution in [0.2, 0.25) is 0 Å². The molecule has 2 unspecified atom stereocenters. The van der Waals surface area contributed by atoms with Crippen molar-refractivity contribution in [3.63, 3.8) is 0 Å². The molecule has 2 saturated heterocycles. The van der Waals surface area contributed by atoms with Gasteiger partial charge in [-0.2, -0.15) is 11.8 Å². The van der Waals surface area contributed by atoms with Crippen LogP contribution in [0.5, 0.6) is 0 Å². The number of rotatable bonds is 2. The van der Waals surface area contributed by atoms with E-state index in [-0.39, 0.29) is 0 Å². The van der Waals surface area contributed by atoms with Crippen molar-refractivity contribution in [2.75, 3.05) is 24.6 Å². The molecular weight excluding hydrogens is 180 g/mol. The van der Waals surface area contributed by atoms with Crippen LogP contribution in [0.15, 0.2) is 0 Å². The third-order valence-electron chi connectivity index (χ3n) is 3.30. The molecule has 2 aliphatic rings. The summed E-state index contributed by atoms with van der Waals surface area (Å²) in [6, 6.07) is 1.54. The molecule has 2 atom stereocenters. The molecule has 0 aromatic heterocycles. The zero-order valence-corrected chi connectivity index (χ0v) is 9.06. The highest BCUT2D eigenvalue weighted by Gasteiger charge is 2.30. The van der Waals surface area contributed by atoms with Crippen LogP contribution in [0.3, 0.4) is 0 Å². The highest BCUT2D eigenvalue weighted by atomic mass is 32.2. The summed E-state index contributed by atoms with van der Waals surface area (Å²) < 4.78 is 0. The first kappa shape index (κ1) is 9.81. The van der Waals surface area contributed by atoms with Crippen LogP contribution in [0.4, 0.5) is 0 Å². The molecule has 0 aliphatic carbocycles. The summed E-state index contributed by atoms with van der Waals surface area (Å²) in [4.78, 5) is 2.67. The predicted molar refractivity (Wildman–Crippen MR) is 59.1 cm³/mol. The number of hydrogen-bond acceptors (Lipinski definition) is 3. The van der Waals surface area contributed by atoms with Crippen molar-refractivity contribution in [1.82, 2.24) is 4.90 Å². The Hall–Kier alpha value is 0.270. The second kappa shape index (κ2) is 4.67. The number of hydrogen-bond donors (Lipinski definition) is 1. The number of nitrogens with two attached hydrogens (primary N) is 1. The second-order valence-corrected chi connectivity index (χ2v) is 5.29. The van der Waals surface area contributed by atoms with Crippen LogP contribution in [-0.2, 0) is 0 Å². The molecule has 3 heteroatoms. The number of likely N-dealkylation sites (tertiary alicyclic amines) is 1. The Morgan fingerprint density at radius 2 is 2.23 bits per heavy atom. The topological polar surface area (TPSA) is 29.3 Å². The Morgan fingerprint density at radius 3 is 2.92 bits per heavy atom. The Morgan fingerprint density at radius 1 is 1.31 bits per heavy atom. The van der Waals surface area contributed by atoms with E-state index in [4.69, 9.17) is 5.73 Å². The average Bonchev–Trinajstić information content (AvgIpc) is 2.67. The highest BCUT2D eigenvalue weighted by molar-refractivity contribution is 7.99. The van der Waals surface area contributed by atoms with E-state index in [1.165, 1.54) is 43.7 Å². The van der Waals surface area contributed by atoms with Gasteiger partial charge in [0, 0.05) is 24.4 Å². The SMILES string of the molecule is NCC1CCCN1C1CCCSC1. The van der Waals surface area contributed by atoms with Crippen LogP contribution in [0, 0.1) is 0 Å². The third-order valence-corrected chi connectivity index (χ3v) is 4.50. The van der Waals surface area contributed by atoms with Gasteiger partial charge in [-0.15, -0.1) is 0 Å². The average molecular weight is 200 g/mol. The van der Waals surface area contributed by atoms with Crippen molar-refractivity contribution in [2.45, 2.75) is 37.8 Å². The third kappa shape index (κ3) is 2.20. The van der Waals surface area contributed by atoms with Gasteiger partial charge >= 0.3 is 0 Å². The molecule has 2 heterocycles. The van der Waals surface area contributed by atoms with Gasteiger partial charge < -0.3 is 5.73 Å². The molecule has 2 nitrogen and oxygen atoms in total. The Labute approximate surface area is 85.2 Å². The normalized spacial score (nSPS) is 36.7. The Kier molecular flexibility index (Phi) is 3.52. The van der Waals surface area contributed by atoms with Gasteiger partial charge in [-0.3, -0.25) is 4.90 Å².